The molecule has 0 amide bonds. The molecule has 114 heavy (non-hydrogen) atoms. The van der Waals surface area contributed by atoms with Gasteiger partial charge in [-0.15, -0.1) is 0 Å². The lowest BCUT2D eigenvalue weighted by Crippen LogP contribution is -2.31. The number of hydrogen-bond acceptors (Lipinski definition) is 0. The molecule has 26 bridgehead atoms. The first-order valence-corrected chi connectivity index (χ1v) is 56.4. The number of rotatable bonds is 0. The topological polar surface area (TPSA) is 0 Å². The standard InChI is InChI=1S/C12H18.C12H22.2C11H20.C10H16.2C10H18.C9H14.C8H12.C8H14.C7H10.C6H8/c1-2-8-5-7(1)11-9-3-4-10(6-9)12(8)11;1-2-6-12-9-3-7-11(5-1)8-4-10-12;1-4-10-6-2-7-11(5-1)9-3-8-10;1-2-5-11-7-3-6-10(4-1)8-9-11;1-2-9-7-4-5-8(6-7)10(9)3-1;1-3-9-5-2-6-10(4-1)8-7-9;1-2-4-10-7-5-9(3-1)6-8-10;1-2-7-5-6(1)8-3-4-9(7)8;1-2-6-3-5(1)7-4-8(6)7;1-2-8-5-3-7(1)4-6-8;1-2-4-6-5(3-1)7(4)6;1-2-4-5-3(1)6(4)5/h7-12H,1-6H2;11-12H,1-10H2;2*10-11H,1-9H2;7-10H,1-6H2;2*9-10H,1-8H2;6-9H,1-5H2;5-8H,1-4H2;7-8H,1-6H2;4-7H,1-3H2;3-6H,1-2H2. The summed E-state index contributed by atoms with van der Waals surface area (Å²) in [5.74, 6) is 45.7. The number of hydrogen-bond donors (Lipinski definition) is 0. The molecule has 0 nitrogen and oxygen atoms in total. The third-order valence-electron chi connectivity index (χ3n) is 45.0. The molecule has 0 aliphatic heterocycles. The lowest BCUT2D eigenvalue weighted by Gasteiger charge is -2.40. The summed E-state index contributed by atoms with van der Waals surface area (Å²) in [6.45, 7) is 0. The molecule has 18 unspecified atom stereocenters. The van der Waals surface area contributed by atoms with Crippen molar-refractivity contribution < 1.29 is 0 Å². The van der Waals surface area contributed by atoms with Gasteiger partial charge in [-0.25, -0.2) is 0 Å². The highest BCUT2D eigenvalue weighted by atomic mass is 14.8. The smallest absolute Gasteiger partial charge is 0.0318 e. The molecule has 646 valence electrons. The third kappa shape index (κ3) is 20.3. The van der Waals surface area contributed by atoms with E-state index in [0.717, 1.165) is 71.0 Å². The Morgan fingerprint density at radius 1 is 0.0789 bits per heavy atom. The molecule has 37 aliphatic carbocycles. The predicted octanol–water partition coefficient (Wildman–Crippen LogP) is 34.3. The first-order chi connectivity index (χ1) is 56.4. The summed E-state index contributed by atoms with van der Waals surface area (Å²) in [5.41, 5.74) is 0. The Kier molecular flexibility index (Phi) is 28.3. The first kappa shape index (κ1) is 82.3. The van der Waals surface area contributed by atoms with Crippen molar-refractivity contribution in [2.24, 2.45) is 225 Å². The van der Waals surface area contributed by atoms with E-state index in [0.29, 0.717) is 0 Å². The summed E-state index contributed by atoms with van der Waals surface area (Å²) in [6.07, 6.45) is 119. The van der Waals surface area contributed by atoms with E-state index in [1.807, 2.05) is 0 Å². The summed E-state index contributed by atoms with van der Waals surface area (Å²) in [5, 5.41) is 0. The fraction of sp³-hybridized carbons (Fsp3) is 1.00. The van der Waals surface area contributed by atoms with E-state index in [1.165, 1.54) is 244 Å². The zero-order chi connectivity index (χ0) is 75.7. The van der Waals surface area contributed by atoms with Crippen LogP contribution in [0.25, 0.3) is 0 Å². The molecule has 37 saturated carbocycles. The van der Waals surface area contributed by atoms with Crippen LogP contribution in [-0.2, 0) is 0 Å². The van der Waals surface area contributed by atoms with Crippen LogP contribution in [0.4, 0.5) is 0 Å². The van der Waals surface area contributed by atoms with Gasteiger partial charge in [-0.05, 0) is 379 Å². The molecule has 0 saturated heterocycles. The van der Waals surface area contributed by atoms with Gasteiger partial charge in [0, 0.05) is 0 Å². The van der Waals surface area contributed by atoms with Crippen LogP contribution in [0, 0.1) is 225 Å². The van der Waals surface area contributed by atoms with Gasteiger partial charge < -0.3 is 0 Å². The average molecular weight is 1560 g/mol. The lowest BCUT2D eigenvalue weighted by molar-refractivity contribution is 0.103. The third-order valence-corrected chi connectivity index (χ3v) is 45.0. The Bertz CT molecular complexity index is 2530. The normalized spacial score (nSPS) is 52.0. The minimum Gasteiger partial charge on any atom is -0.0530 e. The first-order valence-electron chi connectivity index (χ1n) is 56.4. The lowest BCUT2D eigenvalue weighted by atomic mass is 9.66. The summed E-state index contributed by atoms with van der Waals surface area (Å²) in [6, 6.07) is 0. The second-order valence-electron chi connectivity index (χ2n) is 50.8. The maximum absolute atomic E-state index is 1.64. The van der Waals surface area contributed by atoms with Gasteiger partial charge >= 0.3 is 0 Å². The Labute approximate surface area is 708 Å². The second-order valence-corrected chi connectivity index (χ2v) is 50.8. The van der Waals surface area contributed by atoms with E-state index in [9.17, 15) is 0 Å². The molecule has 0 aromatic carbocycles. The van der Waals surface area contributed by atoms with E-state index >= 15 is 0 Å². The molecule has 0 radical (unpaired) electrons. The van der Waals surface area contributed by atoms with E-state index in [-0.39, 0.29) is 0 Å². The van der Waals surface area contributed by atoms with Crippen molar-refractivity contribution in [2.45, 2.75) is 488 Å². The minimum atomic E-state index is 1.11. The fourth-order valence-electron chi connectivity index (χ4n) is 38.1. The summed E-state index contributed by atoms with van der Waals surface area (Å²) in [4.78, 5) is 0. The molecule has 0 aromatic rings. The van der Waals surface area contributed by atoms with Gasteiger partial charge in [-0.3, -0.25) is 0 Å². The highest BCUT2D eigenvalue weighted by molar-refractivity contribution is 5.24. The van der Waals surface area contributed by atoms with Crippen molar-refractivity contribution in [1.29, 1.82) is 0 Å². The monoisotopic (exact) mass is 1560 g/mol. The van der Waals surface area contributed by atoms with E-state index in [4.69, 9.17) is 0 Å². The molecule has 0 heterocycles. The molecule has 0 N–H and O–H groups in total. The second kappa shape index (κ2) is 39.3. The van der Waals surface area contributed by atoms with Crippen LogP contribution < -0.4 is 0 Å². The molecule has 0 heteroatoms. The van der Waals surface area contributed by atoms with Crippen LogP contribution in [0.5, 0.6) is 0 Å². The zero-order valence-electron chi connectivity index (χ0n) is 75.7. The Balaban J connectivity index is 0.0000000809. The summed E-state index contributed by atoms with van der Waals surface area (Å²) >= 11 is 0. The van der Waals surface area contributed by atoms with Crippen LogP contribution >= 0.6 is 0 Å². The van der Waals surface area contributed by atoms with Crippen molar-refractivity contribution in [1.82, 2.24) is 0 Å². The van der Waals surface area contributed by atoms with E-state index in [1.54, 1.807) is 398 Å². The van der Waals surface area contributed by atoms with Crippen molar-refractivity contribution in [3.63, 3.8) is 0 Å². The quantitative estimate of drug-likeness (QED) is 0.212. The van der Waals surface area contributed by atoms with Crippen molar-refractivity contribution in [2.75, 3.05) is 0 Å². The Morgan fingerprint density at radius 3 is 0.430 bits per heavy atom. The van der Waals surface area contributed by atoms with Crippen LogP contribution in [-0.4, -0.2) is 0 Å². The molecule has 37 aliphatic rings. The Morgan fingerprint density at radius 2 is 0.228 bits per heavy atom. The SMILES string of the molecule is C1CC2C3C(C1)C23.C1CC2C3C1C23.C1CC2C3CCC(C3)C2C1.C1CC2CC1C1C3CCC(C3)C21.C1CC2CC1C1CC21.C1CC2CC1C1CCC21.C1CC2CCC1CC2.C1CC2CCCC(C1)CC2.C1CC2CCCC(C1)CCC2.C1CCC2CCC(C1)CC2.C1CCC2CCCC(C1)CC2.C1CCC2CCCC(C1)CCC2. The van der Waals surface area contributed by atoms with Crippen molar-refractivity contribution >= 4 is 0 Å². The van der Waals surface area contributed by atoms with E-state index < -0.39 is 0 Å². The molecule has 0 spiro atoms. The van der Waals surface area contributed by atoms with Crippen LogP contribution in [0.15, 0.2) is 0 Å². The minimum absolute atomic E-state index is 1.11. The van der Waals surface area contributed by atoms with Crippen molar-refractivity contribution in [3.05, 3.63) is 0 Å². The largest absolute Gasteiger partial charge is 0.0530 e. The van der Waals surface area contributed by atoms with Gasteiger partial charge in [0.05, 0.1) is 0 Å². The van der Waals surface area contributed by atoms with Gasteiger partial charge in [0.25, 0.3) is 0 Å². The van der Waals surface area contributed by atoms with Gasteiger partial charge in [0.1, 0.15) is 0 Å². The van der Waals surface area contributed by atoms with Crippen LogP contribution in [0.2, 0.25) is 0 Å². The molecule has 0 aromatic heterocycles. The van der Waals surface area contributed by atoms with Crippen molar-refractivity contribution in [3.8, 4) is 0 Å². The van der Waals surface area contributed by atoms with Crippen LogP contribution in [0.3, 0.4) is 0 Å². The summed E-state index contributed by atoms with van der Waals surface area (Å²) < 4.78 is 0. The van der Waals surface area contributed by atoms with Gasteiger partial charge in [-0.2, -0.15) is 0 Å². The van der Waals surface area contributed by atoms with Crippen LogP contribution in [0.1, 0.15) is 488 Å². The highest BCUT2D eigenvalue weighted by Crippen LogP contribution is 2.82. The van der Waals surface area contributed by atoms with E-state index in [2.05, 4.69) is 0 Å². The maximum atomic E-state index is 1.64. The molecular weight excluding hydrogens is 1370 g/mol. The van der Waals surface area contributed by atoms with Gasteiger partial charge in [0.15, 0.2) is 0 Å². The predicted molar refractivity (Wildman–Crippen MR) is 484 cm³/mol. The molecular formula is C114H190. The zero-order valence-corrected chi connectivity index (χ0v) is 75.7. The van der Waals surface area contributed by atoms with Gasteiger partial charge in [-0.1, -0.05) is 334 Å². The Hall–Kier alpha value is 0. The molecule has 37 rings (SSSR count). The average Bonchev–Trinajstić information content (AvgIpc) is 1.48. The molecule has 18 atom stereocenters. The highest BCUT2D eigenvalue weighted by Gasteiger charge is 2.76. The van der Waals surface area contributed by atoms with Gasteiger partial charge in [0.2, 0.25) is 0 Å². The molecule has 37 fully saturated rings. The number of fused-ring (bicyclic) bond motifs is 54. The summed E-state index contributed by atoms with van der Waals surface area (Å²) in [7, 11) is 0. The fourth-order valence-corrected chi connectivity index (χ4v) is 38.1. The maximum Gasteiger partial charge on any atom is -0.0318 e.